The lowest BCUT2D eigenvalue weighted by atomic mass is 9.99. The van der Waals surface area contributed by atoms with E-state index in [1.807, 2.05) is 45.9 Å². The third-order valence-corrected chi connectivity index (χ3v) is 4.82. The van der Waals surface area contributed by atoms with E-state index in [2.05, 4.69) is 5.32 Å². The summed E-state index contributed by atoms with van der Waals surface area (Å²) in [7, 11) is 0. The van der Waals surface area contributed by atoms with Crippen molar-refractivity contribution in [2.75, 3.05) is 18.5 Å². The number of amides is 2. The summed E-state index contributed by atoms with van der Waals surface area (Å²) in [6.07, 6.45) is -0.000116. The molecule has 0 bridgehead atoms. The van der Waals surface area contributed by atoms with Crippen molar-refractivity contribution in [3.63, 3.8) is 0 Å². The summed E-state index contributed by atoms with van der Waals surface area (Å²) in [5.41, 5.74) is 3.59. The molecule has 1 aliphatic rings. The normalized spacial score (nSPS) is 14.3. The SMILES string of the molecule is Cc1ccc(C2=C(Nc3cccc(F)c3)C(=O)N(CCOC(C)C)C2=O)cc1C. The van der Waals surface area contributed by atoms with Crippen LogP contribution in [0.2, 0.25) is 0 Å². The number of hydrogen-bond acceptors (Lipinski definition) is 4. The number of nitrogens with one attached hydrogen (secondary N) is 1. The van der Waals surface area contributed by atoms with E-state index < -0.39 is 11.7 Å². The van der Waals surface area contributed by atoms with Crippen LogP contribution >= 0.6 is 0 Å². The van der Waals surface area contributed by atoms with Gasteiger partial charge in [0.2, 0.25) is 0 Å². The average molecular weight is 396 g/mol. The second-order valence-corrected chi connectivity index (χ2v) is 7.37. The lowest BCUT2D eigenvalue weighted by Crippen LogP contribution is -2.35. The highest BCUT2D eigenvalue weighted by molar-refractivity contribution is 6.36. The van der Waals surface area contributed by atoms with Crippen molar-refractivity contribution in [2.24, 2.45) is 0 Å². The van der Waals surface area contributed by atoms with Crippen LogP contribution in [0, 0.1) is 19.7 Å². The molecule has 0 aliphatic carbocycles. The van der Waals surface area contributed by atoms with Gasteiger partial charge in [-0.15, -0.1) is 0 Å². The van der Waals surface area contributed by atoms with Crippen LogP contribution < -0.4 is 5.32 Å². The minimum absolute atomic E-state index is 0.000116. The molecule has 2 amide bonds. The standard InChI is InChI=1S/C23H25FN2O3/c1-14(2)29-11-10-26-22(27)20(17-9-8-15(3)16(4)12-17)21(23(26)28)25-19-7-5-6-18(24)13-19/h5-9,12-14,25H,10-11H2,1-4H3. The molecular formula is C23H25FN2O3. The third kappa shape index (κ3) is 4.54. The van der Waals surface area contributed by atoms with E-state index in [9.17, 15) is 14.0 Å². The van der Waals surface area contributed by atoms with Crippen LogP contribution in [-0.4, -0.2) is 36.0 Å². The summed E-state index contributed by atoms with van der Waals surface area (Å²) in [4.78, 5) is 27.4. The van der Waals surface area contributed by atoms with Crippen molar-refractivity contribution >= 4 is 23.1 Å². The minimum atomic E-state index is -0.445. The van der Waals surface area contributed by atoms with Gasteiger partial charge in [0, 0.05) is 5.69 Å². The van der Waals surface area contributed by atoms with Crippen molar-refractivity contribution in [3.05, 3.63) is 70.7 Å². The lowest BCUT2D eigenvalue weighted by molar-refractivity contribution is -0.137. The number of hydrogen-bond donors (Lipinski definition) is 1. The van der Waals surface area contributed by atoms with E-state index in [-0.39, 0.29) is 36.4 Å². The molecule has 2 aromatic rings. The van der Waals surface area contributed by atoms with Gasteiger partial charge in [-0.1, -0.05) is 24.3 Å². The number of imide groups is 1. The zero-order chi connectivity index (χ0) is 21.1. The van der Waals surface area contributed by atoms with Crippen LogP contribution in [0.5, 0.6) is 0 Å². The topological polar surface area (TPSA) is 58.6 Å². The smallest absolute Gasteiger partial charge is 0.278 e. The number of halogens is 1. The molecule has 1 aliphatic heterocycles. The highest BCUT2D eigenvalue weighted by Crippen LogP contribution is 2.31. The van der Waals surface area contributed by atoms with E-state index in [1.54, 1.807) is 12.1 Å². The first-order chi connectivity index (χ1) is 13.8. The number of benzene rings is 2. The van der Waals surface area contributed by atoms with Gasteiger partial charge in [0.1, 0.15) is 11.5 Å². The fourth-order valence-electron chi connectivity index (χ4n) is 3.15. The number of carbonyl (C=O) groups is 2. The highest BCUT2D eigenvalue weighted by Gasteiger charge is 2.39. The first-order valence-corrected chi connectivity index (χ1v) is 9.60. The second-order valence-electron chi connectivity index (χ2n) is 7.37. The van der Waals surface area contributed by atoms with E-state index in [0.29, 0.717) is 11.3 Å². The molecule has 1 heterocycles. The number of carbonyl (C=O) groups excluding carboxylic acids is 2. The molecule has 0 radical (unpaired) electrons. The molecule has 0 atom stereocenters. The Morgan fingerprint density at radius 2 is 1.79 bits per heavy atom. The first-order valence-electron chi connectivity index (χ1n) is 9.60. The van der Waals surface area contributed by atoms with Crippen LogP contribution in [-0.2, 0) is 14.3 Å². The van der Waals surface area contributed by atoms with Crippen molar-refractivity contribution in [1.29, 1.82) is 0 Å². The van der Waals surface area contributed by atoms with Crippen LogP contribution in [0.4, 0.5) is 10.1 Å². The largest absolute Gasteiger partial charge is 0.377 e. The first kappa shape index (κ1) is 20.7. The van der Waals surface area contributed by atoms with Crippen molar-refractivity contribution in [3.8, 4) is 0 Å². The number of anilines is 1. The number of ether oxygens (including phenoxy) is 1. The molecule has 0 aromatic heterocycles. The van der Waals surface area contributed by atoms with Gasteiger partial charge in [-0.25, -0.2) is 4.39 Å². The third-order valence-electron chi connectivity index (χ3n) is 4.82. The highest BCUT2D eigenvalue weighted by atomic mass is 19.1. The molecule has 0 unspecified atom stereocenters. The Kier molecular flexibility index (Phi) is 6.13. The van der Waals surface area contributed by atoms with Crippen LogP contribution in [0.1, 0.15) is 30.5 Å². The van der Waals surface area contributed by atoms with Gasteiger partial charge in [-0.3, -0.25) is 14.5 Å². The van der Waals surface area contributed by atoms with Gasteiger partial charge in [-0.2, -0.15) is 0 Å². The summed E-state index contributed by atoms with van der Waals surface area (Å²) < 4.78 is 19.1. The summed E-state index contributed by atoms with van der Waals surface area (Å²) in [5, 5.41) is 2.96. The van der Waals surface area contributed by atoms with Gasteiger partial charge in [0.15, 0.2) is 0 Å². The van der Waals surface area contributed by atoms with Gasteiger partial charge in [-0.05, 0) is 62.6 Å². The molecule has 2 aromatic carbocycles. The average Bonchev–Trinajstić information content (AvgIpc) is 2.88. The molecule has 152 valence electrons. The number of aryl methyl sites for hydroxylation is 2. The zero-order valence-electron chi connectivity index (χ0n) is 17.1. The minimum Gasteiger partial charge on any atom is -0.377 e. The number of rotatable bonds is 7. The summed E-state index contributed by atoms with van der Waals surface area (Å²) in [5.74, 6) is -1.26. The van der Waals surface area contributed by atoms with E-state index in [1.165, 1.54) is 17.0 Å². The molecule has 29 heavy (non-hydrogen) atoms. The quantitative estimate of drug-likeness (QED) is 0.717. The predicted octanol–water partition coefficient (Wildman–Crippen LogP) is 4.06. The zero-order valence-corrected chi connectivity index (χ0v) is 17.1. The Hall–Kier alpha value is -2.99. The molecule has 6 heteroatoms. The Bertz CT molecular complexity index is 982. The molecule has 0 saturated carbocycles. The predicted molar refractivity (Wildman–Crippen MR) is 111 cm³/mol. The maximum absolute atomic E-state index is 13.6. The Balaban J connectivity index is 2.00. The van der Waals surface area contributed by atoms with Gasteiger partial charge >= 0.3 is 0 Å². The monoisotopic (exact) mass is 396 g/mol. The fraction of sp³-hybridized carbons (Fsp3) is 0.304. The Morgan fingerprint density at radius 3 is 2.45 bits per heavy atom. The van der Waals surface area contributed by atoms with Crippen LogP contribution in [0.15, 0.2) is 48.2 Å². The van der Waals surface area contributed by atoms with Crippen molar-refractivity contribution in [2.45, 2.75) is 33.8 Å². The van der Waals surface area contributed by atoms with Crippen molar-refractivity contribution < 1.29 is 18.7 Å². The van der Waals surface area contributed by atoms with E-state index in [0.717, 1.165) is 11.1 Å². The Morgan fingerprint density at radius 1 is 1.03 bits per heavy atom. The number of nitrogens with zero attached hydrogens (tertiary/aromatic N) is 1. The van der Waals surface area contributed by atoms with Crippen LogP contribution in [0.25, 0.3) is 5.57 Å². The lowest BCUT2D eigenvalue weighted by Gasteiger charge is -2.16. The molecule has 3 rings (SSSR count). The summed E-state index contributed by atoms with van der Waals surface area (Å²) >= 11 is 0. The molecule has 5 nitrogen and oxygen atoms in total. The van der Waals surface area contributed by atoms with Gasteiger partial charge < -0.3 is 10.1 Å². The molecule has 0 spiro atoms. The van der Waals surface area contributed by atoms with Gasteiger partial charge in [0.25, 0.3) is 11.8 Å². The molecule has 0 saturated heterocycles. The van der Waals surface area contributed by atoms with Crippen LogP contribution in [0.3, 0.4) is 0 Å². The van der Waals surface area contributed by atoms with E-state index in [4.69, 9.17) is 4.74 Å². The van der Waals surface area contributed by atoms with E-state index >= 15 is 0 Å². The summed E-state index contributed by atoms with van der Waals surface area (Å²) in [6.45, 7) is 8.12. The summed E-state index contributed by atoms with van der Waals surface area (Å²) in [6, 6.07) is 11.4. The maximum atomic E-state index is 13.6. The molecule has 0 fully saturated rings. The Labute approximate surface area is 170 Å². The molecular weight excluding hydrogens is 371 g/mol. The fourth-order valence-corrected chi connectivity index (χ4v) is 3.15. The van der Waals surface area contributed by atoms with Gasteiger partial charge in [0.05, 0.1) is 24.8 Å². The maximum Gasteiger partial charge on any atom is 0.278 e. The molecule has 1 N–H and O–H groups in total. The van der Waals surface area contributed by atoms with Crippen molar-refractivity contribution in [1.82, 2.24) is 4.90 Å². The second kappa shape index (κ2) is 8.57.